The number of aliphatic imine (C=N–C) groups is 2. The van der Waals surface area contributed by atoms with Crippen molar-refractivity contribution in [3.63, 3.8) is 0 Å². The molecule has 166 valence electrons. The van der Waals surface area contributed by atoms with Crippen LogP contribution in [0.5, 0.6) is 0 Å². The van der Waals surface area contributed by atoms with Crippen LogP contribution in [0.2, 0.25) is 0 Å². The van der Waals surface area contributed by atoms with Gasteiger partial charge >= 0.3 is 0 Å². The monoisotopic (exact) mass is 432 g/mol. The second-order valence-corrected chi connectivity index (χ2v) is 8.30. The number of allylic oxidation sites excluding steroid dienone is 2. The van der Waals surface area contributed by atoms with Gasteiger partial charge < -0.3 is 15.0 Å². The van der Waals surface area contributed by atoms with Crippen LogP contribution in [0, 0.1) is 5.82 Å². The van der Waals surface area contributed by atoms with E-state index in [1.54, 1.807) is 18.3 Å². The highest BCUT2D eigenvalue weighted by atomic mass is 19.1. The van der Waals surface area contributed by atoms with Gasteiger partial charge in [0.05, 0.1) is 5.69 Å². The van der Waals surface area contributed by atoms with Gasteiger partial charge in [-0.25, -0.2) is 19.4 Å². The molecule has 7 heteroatoms. The Bertz CT molecular complexity index is 1150. The number of guanidine groups is 1. The topological polar surface area (TPSA) is 71.3 Å². The third-order valence-corrected chi connectivity index (χ3v) is 5.85. The van der Waals surface area contributed by atoms with Gasteiger partial charge in [-0.2, -0.15) is 0 Å². The minimum atomic E-state index is -0.220. The lowest BCUT2D eigenvalue weighted by molar-refractivity contribution is 0.255. The highest BCUT2D eigenvalue weighted by molar-refractivity contribution is 5.88. The predicted molar refractivity (Wildman–Crippen MR) is 129 cm³/mol. The average molecular weight is 433 g/mol. The van der Waals surface area contributed by atoms with E-state index in [9.17, 15) is 4.39 Å². The van der Waals surface area contributed by atoms with E-state index >= 15 is 0 Å². The molecule has 0 spiro atoms. The van der Waals surface area contributed by atoms with Crippen molar-refractivity contribution in [2.24, 2.45) is 15.7 Å². The van der Waals surface area contributed by atoms with E-state index in [4.69, 9.17) is 10.7 Å². The molecule has 0 unspecified atom stereocenters. The number of fused-ring (bicyclic) bond motifs is 1. The molecule has 4 heterocycles. The summed E-state index contributed by atoms with van der Waals surface area (Å²) in [5.41, 5.74) is 10.4. The largest absolute Gasteiger partial charge is 0.368 e. The first-order chi connectivity index (χ1) is 15.5. The van der Waals surface area contributed by atoms with Crippen LogP contribution >= 0.6 is 0 Å². The molecule has 0 saturated carbocycles. The fourth-order valence-electron chi connectivity index (χ4n) is 3.98. The van der Waals surface area contributed by atoms with E-state index in [-0.39, 0.29) is 5.82 Å². The predicted octanol–water partition coefficient (Wildman–Crippen LogP) is 4.63. The zero-order chi connectivity index (χ0) is 22.5. The molecular formula is C25H29FN6. The van der Waals surface area contributed by atoms with Crippen LogP contribution in [0.25, 0.3) is 16.9 Å². The van der Waals surface area contributed by atoms with Crippen molar-refractivity contribution in [1.82, 2.24) is 14.3 Å². The number of nitrogens with zero attached hydrogens (tertiary/aromatic N) is 5. The lowest BCUT2D eigenvalue weighted by Gasteiger charge is -2.29. The summed E-state index contributed by atoms with van der Waals surface area (Å²) in [6.45, 7) is 4.22. The molecule has 2 N–H and O–H groups in total. The maximum absolute atomic E-state index is 13.1. The summed E-state index contributed by atoms with van der Waals surface area (Å²) < 4.78 is 15.1. The molecule has 2 aromatic heterocycles. The molecule has 3 aromatic rings. The fourth-order valence-corrected chi connectivity index (χ4v) is 3.98. The molecule has 5 rings (SSSR count). The molecule has 2 aliphatic rings. The molecule has 1 saturated heterocycles. The number of aromatic nitrogens is 2. The van der Waals surface area contributed by atoms with Crippen LogP contribution in [0.15, 0.2) is 70.5 Å². The molecule has 0 bridgehead atoms. The Balaban J connectivity index is 0.000000230. The number of piperidine rings is 1. The number of hydrogen-bond acceptors (Lipinski definition) is 5. The normalized spacial score (nSPS) is 17.3. The third kappa shape index (κ3) is 5.48. The Morgan fingerprint density at radius 1 is 1.09 bits per heavy atom. The number of imidazole rings is 1. The average Bonchev–Trinajstić information content (AvgIpc) is 3.12. The van der Waals surface area contributed by atoms with Gasteiger partial charge in [-0.3, -0.25) is 0 Å². The standard InChI is InChI=1S/C19H20FN3.C6H9N3/c1-22-9-6-14(7-10-22)16-8-11-23-13-18(21-19(23)12-16)15-2-4-17(20)5-3-15;1-5-3-2-4-8-6(7)9-5/h2-5,8,11-14H,6-7,9-10H2,1H3;3-4H,2H2,1H3,(H2,7,9). The smallest absolute Gasteiger partial charge is 0.219 e. The zero-order valence-electron chi connectivity index (χ0n) is 18.6. The Kier molecular flexibility index (Phi) is 6.75. The molecule has 0 atom stereocenters. The van der Waals surface area contributed by atoms with Crippen molar-refractivity contribution in [3.05, 3.63) is 71.9 Å². The number of likely N-dealkylation sites (tertiary alicyclic amines) is 1. The molecule has 32 heavy (non-hydrogen) atoms. The first kappa shape index (κ1) is 21.9. The van der Waals surface area contributed by atoms with E-state index in [1.807, 2.05) is 23.6 Å². The molecule has 1 fully saturated rings. The minimum absolute atomic E-state index is 0.220. The summed E-state index contributed by atoms with van der Waals surface area (Å²) in [7, 11) is 2.18. The van der Waals surface area contributed by atoms with Crippen molar-refractivity contribution in [2.45, 2.75) is 32.1 Å². The van der Waals surface area contributed by atoms with Crippen LogP contribution in [0.1, 0.15) is 37.7 Å². The molecule has 0 aliphatic carbocycles. The van der Waals surface area contributed by atoms with Crippen LogP contribution < -0.4 is 5.73 Å². The van der Waals surface area contributed by atoms with Gasteiger partial charge in [0.1, 0.15) is 11.5 Å². The Morgan fingerprint density at radius 2 is 1.84 bits per heavy atom. The Labute approximate surface area is 188 Å². The molecule has 1 aromatic carbocycles. The van der Waals surface area contributed by atoms with Crippen molar-refractivity contribution in [3.8, 4) is 11.3 Å². The van der Waals surface area contributed by atoms with Gasteiger partial charge in [-0.1, -0.05) is 6.08 Å². The van der Waals surface area contributed by atoms with Gasteiger partial charge in [0.25, 0.3) is 0 Å². The van der Waals surface area contributed by atoms with Gasteiger partial charge in [0, 0.05) is 36.3 Å². The summed E-state index contributed by atoms with van der Waals surface area (Å²) in [6, 6.07) is 10.9. The second-order valence-electron chi connectivity index (χ2n) is 8.30. The number of hydrogen-bond donors (Lipinski definition) is 1. The number of nitrogens with two attached hydrogens (primary N) is 1. The van der Waals surface area contributed by atoms with Crippen LogP contribution in [-0.4, -0.2) is 46.6 Å². The molecule has 0 radical (unpaired) electrons. The summed E-state index contributed by atoms with van der Waals surface area (Å²) >= 11 is 0. The van der Waals surface area contributed by atoms with Crippen molar-refractivity contribution in [2.75, 3.05) is 20.1 Å². The fraction of sp³-hybridized carbons (Fsp3) is 0.320. The second kappa shape index (κ2) is 9.87. The summed E-state index contributed by atoms with van der Waals surface area (Å²) in [4.78, 5) is 14.9. The summed E-state index contributed by atoms with van der Waals surface area (Å²) in [5, 5.41) is 0. The van der Waals surface area contributed by atoms with Crippen LogP contribution in [0.4, 0.5) is 4.39 Å². The highest BCUT2D eigenvalue weighted by Crippen LogP contribution is 2.29. The molecule has 0 amide bonds. The maximum atomic E-state index is 13.1. The third-order valence-electron chi connectivity index (χ3n) is 5.85. The van der Waals surface area contributed by atoms with E-state index in [0.29, 0.717) is 11.9 Å². The van der Waals surface area contributed by atoms with Crippen molar-refractivity contribution >= 4 is 17.8 Å². The number of halogens is 1. The first-order valence-corrected chi connectivity index (χ1v) is 10.9. The maximum Gasteiger partial charge on any atom is 0.219 e. The lowest BCUT2D eigenvalue weighted by atomic mass is 9.90. The van der Waals surface area contributed by atoms with Crippen LogP contribution in [-0.2, 0) is 0 Å². The number of pyridine rings is 1. The minimum Gasteiger partial charge on any atom is -0.368 e. The zero-order valence-corrected chi connectivity index (χ0v) is 18.6. The van der Waals surface area contributed by atoms with Gasteiger partial charge in [0.15, 0.2) is 0 Å². The van der Waals surface area contributed by atoms with E-state index in [0.717, 1.165) is 42.1 Å². The van der Waals surface area contributed by atoms with Crippen molar-refractivity contribution < 1.29 is 4.39 Å². The lowest BCUT2D eigenvalue weighted by Crippen LogP contribution is -2.29. The van der Waals surface area contributed by atoms with Gasteiger partial charge in [-0.05, 0) is 87.8 Å². The molecular weight excluding hydrogens is 403 g/mol. The SMILES string of the molecule is CC1=CCC=NC(N)=N1.CN1CCC(c2ccn3cc(-c4ccc(F)cc4)nc3c2)CC1. The number of rotatable bonds is 2. The van der Waals surface area contributed by atoms with E-state index in [2.05, 4.69) is 40.3 Å². The van der Waals surface area contributed by atoms with E-state index < -0.39 is 0 Å². The van der Waals surface area contributed by atoms with Gasteiger partial charge in [0.2, 0.25) is 5.96 Å². The molecule has 6 nitrogen and oxygen atoms in total. The van der Waals surface area contributed by atoms with Gasteiger partial charge in [-0.15, -0.1) is 0 Å². The quantitative estimate of drug-likeness (QED) is 0.642. The summed E-state index contributed by atoms with van der Waals surface area (Å²) in [5.74, 6) is 0.755. The Hall–Kier alpha value is -3.32. The highest BCUT2D eigenvalue weighted by Gasteiger charge is 2.19. The Morgan fingerprint density at radius 3 is 2.59 bits per heavy atom. The summed E-state index contributed by atoms with van der Waals surface area (Å²) in [6.07, 6.45) is 11.1. The van der Waals surface area contributed by atoms with Crippen molar-refractivity contribution in [1.29, 1.82) is 0 Å². The number of benzene rings is 1. The first-order valence-electron chi connectivity index (χ1n) is 10.9. The van der Waals surface area contributed by atoms with E-state index in [1.165, 1.54) is 30.5 Å². The van der Waals surface area contributed by atoms with Crippen LogP contribution in [0.3, 0.4) is 0 Å². The molecule has 2 aliphatic heterocycles.